The smallest absolute Gasteiger partial charge is 0.321 e. The molecule has 10 heteroatoms. The zero-order chi connectivity index (χ0) is 30.5. The lowest BCUT2D eigenvalue weighted by atomic mass is 9.93. The molecule has 2 unspecified atom stereocenters. The first kappa shape index (κ1) is 31.7. The fraction of sp³-hybridized carbons (Fsp3) is 0.355. The van der Waals surface area contributed by atoms with E-state index in [9.17, 15) is 19.2 Å². The molecule has 0 bridgehead atoms. The Kier molecular flexibility index (Phi) is 10.3. The van der Waals surface area contributed by atoms with Crippen LogP contribution in [0.4, 0.5) is 5.69 Å². The number of benzene rings is 3. The SMILES string of the molecule is CC(=O)C(CC(=O)O)[C@H](N)C(=O)O.CC(C)(C)CN1C(=O)COC(c2cccc3ccccc23)c2cc(Cl)ccc21. The van der Waals surface area contributed by atoms with Crippen LogP contribution >= 0.6 is 11.6 Å². The maximum atomic E-state index is 12.9. The summed E-state index contributed by atoms with van der Waals surface area (Å²) in [5, 5.41) is 19.7. The van der Waals surface area contributed by atoms with Gasteiger partial charge in [-0.2, -0.15) is 0 Å². The van der Waals surface area contributed by atoms with Gasteiger partial charge in [0, 0.05) is 22.8 Å². The summed E-state index contributed by atoms with van der Waals surface area (Å²) in [4.78, 5) is 46.2. The Bertz CT molecular complexity index is 1440. The van der Waals surface area contributed by atoms with Gasteiger partial charge in [-0.05, 0) is 46.9 Å². The average molecular weight is 583 g/mol. The zero-order valence-electron chi connectivity index (χ0n) is 23.5. The van der Waals surface area contributed by atoms with Gasteiger partial charge in [-0.25, -0.2) is 0 Å². The first-order valence-corrected chi connectivity index (χ1v) is 13.5. The molecule has 0 spiro atoms. The summed E-state index contributed by atoms with van der Waals surface area (Å²) >= 11 is 6.36. The standard InChI is InChI=1S/C24H24ClNO2.C7H11NO5/c1-24(2,3)15-26-21-12-11-17(25)13-20(21)23(28-14-22(26)27)19-10-6-8-16-7-4-5-9-18(16)19;1-3(9)4(2-5(10)11)6(8)7(12)13/h4-13,23H,14-15H2,1-3H3;4,6H,2,8H2,1H3,(H,10,11)(H,12,13)/t;4?,6-/m.0/s1. The number of halogens is 1. The first-order valence-electron chi connectivity index (χ1n) is 13.1. The molecule has 1 amide bonds. The number of Topliss-reactive ketones (excluding diaryl/α,β-unsaturated/α-hetero) is 1. The number of carboxylic acid groups (broad SMARTS) is 2. The average Bonchev–Trinajstić information content (AvgIpc) is 3.02. The van der Waals surface area contributed by atoms with E-state index in [1.165, 1.54) is 0 Å². The molecule has 0 radical (unpaired) electrons. The van der Waals surface area contributed by atoms with Crippen molar-refractivity contribution in [3.05, 3.63) is 76.8 Å². The van der Waals surface area contributed by atoms with Crippen molar-refractivity contribution in [2.75, 3.05) is 18.1 Å². The number of nitrogens with zero attached hydrogens (tertiary/aromatic N) is 1. The number of carbonyl (C=O) groups is 4. The lowest BCUT2D eigenvalue weighted by molar-refractivity contribution is -0.145. The highest BCUT2D eigenvalue weighted by Gasteiger charge is 2.33. The lowest BCUT2D eigenvalue weighted by Crippen LogP contribution is -2.42. The van der Waals surface area contributed by atoms with Crippen molar-refractivity contribution in [3.63, 3.8) is 0 Å². The van der Waals surface area contributed by atoms with E-state index in [2.05, 4.69) is 45.0 Å². The van der Waals surface area contributed by atoms with Crippen LogP contribution in [-0.4, -0.2) is 53.0 Å². The van der Waals surface area contributed by atoms with Crippen LogP contribution in [0.3, 0.4) is 0 Å². The molecule has 41 heavy (non-hydrogen) atoms. The number of ether oxygens (including phenoxy) is 1. The summed E-state index contributed by atoms with van der Waals surface area (Å²) in [5.74, 6) is -4.33. The van der Waals surface area contributed by atoms with Crippen molar-refractivity contribution in [1.82, 2.24) is 0 Å². The van der Waals surface area contributed by atoms with E-state index < -0.39 is 36.1 Å². The van der Waals surface area contributed by atoms with Crippen LogP contribution < -0.4 is 10.6 Å². The normalized spacial score (nSPS) is 16.6. The molecule has 1 aliphatic rings. The lowest BCUT2D eigenvalue weighted by Gasteiger charge is -2.30. The maximum absolute atomic E-state index is 12.9. The van der Waals surface area contributed by atoms with Gasteiger partial charge in [0.15, 0.2) is 0 Å². The Morgan fingerprint density at radius 3 is 2.32 bits per heavy atom. The molecule has 3 aromatic rings. The molecular formula is C31H35ClN2O7. The fourth-order valence-corrected chi connectivity index (χ4v) is 4.89. The van der Waals surface area contributed by atoms with E-state index >= 15 is 0 Å². The van der Waals surface area contributed by atoms with Gasteiger partial charge in [0.1, 0.15) is 24.5 Å². The van der Waals surface area contributed by atoms with E-state index in [0.29, 0.717) is 11.6 Å². The van der Waals surface area contributed by atoms with Crippen molar-refractivity contribution >= 4 is 51.7 Å². The van der Waals surface area contributed by atoms with Crippen LogP contribution in [0.2, 0.25) is 5.02 Å². The highest BCUT2D eigenvalue weighted by molar-refractivity contribution is 6.30. The van der Waals surface area contributed by atoms with Crippen molar-refractivity contribution < 1.29 is 34.1 Å². The number of aliphatic carboxylic acids is 2. The molecule has 9 nitrogen and oxygen atoms in total. The Balaban J connectivity index is 0.000000302. The summed E-state index contributed by atoms with van der Waals surface area (Å²) in [5.41, 5.74) is 7.94. The number of carboxylic acids is 2. The largest absolute Gasteiger partial charge is 0.481 e. The van der Waals surface area contributed by atoms with Crippen LogP contribution in [0.25, 0.3) is 10.8 Å². The van der Waals surface area contributed by atoms with Gasteiger partial charge >= 0.3 is 11.9 Å². The van der Waals surface area contributed by atoms with Crippen molar-refractivity contribution in [2.24, 2.45) is 17.1 Å². The van der Waals surface area contributed by atoms with Crippen LogP contribution in [0, 0.1) is 11.3 Å². The van der Waals surface area contributed by atoms with Crippen LogP contribution in [0.1, 0.15) is 51.3 Å². The quantitative estimate of drug-likeness (QED) is 0.350. The number of hydrogen-bond donors (Lipinski definition) is 3. The maximum Gasteiger partial charge on any atom is 0.321 e. The minimum atomic E-state index is -1.45. The second-order valence-corrected chi connectivity index (χ2v) is 11.6. The van der Waals surface area contributed by atoms with Crippen LogP contribution in [0.15, 0.2) is 60.7 Å². The number of hydrogen-bond acceptors (Lipinski definition) is 6. The van der Waals surface area contributed by atoms with Gasteiger partial charge < -0.3 is 25.6 Å². The highest BCUT2D eigenvalue weighted by atomic mass is 35.5. The molecule has 0 aromatic heterocycles. The minimum absolute atomic E-state index is 0.0266. The number of amides is 1. The molecule has 4 rings (SSSR count). The predicted molar refractivity (Wildman–Crippen MR) is 157 cm³/mol. The Hall–Kier alpha value is -3.79. The van der Waals surface area contributed by atoms with E-state index in [1.54, 1.807) is 0 Å². The molecule has 3 aromatic carbocycles. The Morgan fingerprint density at radius 1 is 1.05 bits per heavy atom. The van der Waals surface area contributed by atoms with Gasteiger partial charge in [-0.3, -0.25) is 19.2 Å². The monoisotopic (exact) mass is 582 g/mol. The number of rotatable bonds is 7. The second kappa shape index (κ2) is 13.2. The van der Waals surface area contributed by atoms with Gasteiger partial charge in [-0.15, -0.1) is 0 Å². The second-order valence-electron chi connectivity index (χ2n) is 11.2. The molecule has 0 saturated heterocycles. The van der Waals surface area contributed by atoms with Crippen LogP contribution in [-0.2, 0) is 23.9 Å². The molecule has 1 heterocycles. The molecule has 218 valence electrons. The molecule has 0 saturated carbocycles. The number of carbonyl (C=O) groups excluding carboxylic acids is 2. The van der Waals surface area contributed by atoms with Crippen molar-refractivity contribution in [2.45, 2.75) is 46.3 Å². The number of anilines is 1. The molecule has 3 atom stereocenters. The summed E-state index contributed by atoms with van der Waals surface area (Å²) in [6.45, 7) is 8.16. The number of nitrogens with two attached hydrogens (primary N) is 1. The molecule has 4 N–H and O–H groups in total. The fourth-order valence-electron chi connectivity index (χ4n) is 4.71. The topological polar surface area (TPSA) is 147 Å². The molecule has 0 fully saturated rings. The van der Waals surface area contributed by atoms with Gasteiger partial charge in [0.25, 0.3) is 5.91 Å². The van der Waals surface area contributed by atoms with Crippen molar-refractivity contribution in [3.8, 4) is 0 Å². The molecule has 0 aliphatic carbocycles. The highest BCUT2D eigenvalue weighted by Crippen LogP contribution is 2.40. The van der Waals surface area contributed by atoms with Gasteiger partial charge in [-0.1, -0.05) is 74.8 Å². The summed E-state index contributed by atoms with van der Waals surface area (Å²) < 4.78 is 6.19. The van der Waals surface area contributed by atoms with E-state index in [0.717, 1.165) is 34.5 Å². The van der Waals surface area contributed by atoms with E-state index in [4.69, 9.17) is 32.3 Å². The Labute approximate surface area is 243 Å². The summed E-state index contributed by atoms with van der Waals surface area (Å²) in [6.07, 6.45) is -0.906. The van der Waals surface area contributed by atoms with Gasteiger partial charge in [0.05, 0.1) is 12.3 Å². The van der Waals surface area contributed by atoms with Crippen LogP contribution in [0.5, 0.6) is 0 Å². The van der Waals surface area contributed by atoms with Crippen molar-refractivity contribution in [1.29, 1.82) is 0 Å². The third-order valence-electron chi connectivity index (χ3n) is 6.61. The minimum Gasteiger partial charge on any atom is -0.481 e. The number of ketones is 1. The zero-order valence-corrected chi connectivity index (χ0v) is 24.2. The third kappa shape index (κ3) is 8.13. The molecule has 1 aliphatic heterocycles. The first-order chi connectivity index (χ1) is 19.2. The van der Waals surface area contributed by atoms with E-state index in [-0.39, 0.29) is 24.0 Å². The molecular weight excluding hydrogens is 548 g/mol. The summed E-state index contributed by atoms with van der Waals surface area (Å²) in [6, 6.07) is 18.7. The van der Waals surface area contributed by atoms with Gasteiger partial charge in [0.2, 0.25) is 0 Å². The Morgan fingerprint density at radius 2 is 1.71 bits per heavy atom. The number of fused-ring (bicyclic) bond motifs is 2. The van der Waals surface area contributed by atoms with E-state index in [1.807, 2.05) is 41.3 Å². The third-order valence-corrected chi connectivity index (χ3v) is 6.85. The predicted octanol–water partition coefficient (Wildman–Crippen LogP) is 5.07. The summed E-state index contributed by atoms with van der Waals surface area (Å²) in [7, 11) is 0.